The quantitative estimate of drug-likeness (QED) is 0.697. The summed E-state index contributed by atoms with van der Waals surface area (Å²) in [4.78, 5) is 12.2. The lowest BCUT2D eigenvalue weighted by Crippen LogP contribution is -2.44. The predicted octanol–water partition coefficient (Wildman–Crippen LogP) is 3.38. The lowest BCUT2D eigenvalue weighted by molar-refractivity contribution is 0.313. The second-order valence-corrected chi connectivity index (χ2v) is 6.86. The zero-order valence-electron chi connectivity index (χ0n) is 15.6. The fourth-order valence-corrected chi connectivity index (χ4v) is 3.39. The molecule has 0 bridgehead atoms. The number of hydrogen-bond acceptors (Lipinski definition) is 5. The van der Waals surface area contributed by atoms with Crippen LogP contribution in [0.4, 0.5) is 11.4 Å². The SMILES string of the molecule is COc1ccc2[nH]c(O)c(C=Nc3ccc(N4CCN(C)CC4)cc3)c2c1. The maximum absolute atomic E-state index is 10.2. The Hall–Kier alpha value is -2.99. The zero-order valence-corrected chi connectivity index (χ0v) is 15.6. The number of ether oxygens (including phenoxy) is 1. The maximum Gasteiger partial charge on any atom is 0.198 e. The molecule has 6 nitrogen and oxygen atoms in total. The van der Waals surface area contributed by atoms with Crippen LogP contribution in [0, 0.1) is 0 Å². The molecule has 2 heterocycles. The number of hydrogen-bond donors (Lipinski definition) is 2. The number of anilines is 1. The number of nitrogens with zero attached hydrogens (tertiary/aromatic N) is 3. The summed E-state index contributed by atoms with van der Waals surface area (Å²) in [7, 11) is 3.79. The highest BCUT2D eigenvalue weighted by Gasteiger charge is 2.14. The molecular weight excluding hydrogens is 340 g/mol. The van der Waals surface area contributed by atoms with E-state index >= 15 is 0 Å². The first-order valence-electron chi connectivity index (χ1n) is 9.10. The van der Waals surface area contributed by atoms with Crippen LogP contribution in [-0.4, -0.2) is 61.5 Å². The number of methoxy groups -OCH3 is 1. The Balaban J connectivity index is 1.54. The highest BCUT2D eigenvalue weighted by molar-refractivity contribution is 6.03. The Morgan fingerprint density at radius 3 is 2.52 bits per heavy atom. The van der Waals surface area contributed by atoms with E-state index in [1.807, 2.05) is 30.3 Å². The van der Waals surface area contributed by atoms with Crippen molar-refractivity contribution < 1.29 is 9.84 Å². The molecule has 1 saturated heterocycles. The molecule has 0 unspecified atom stereocenters. The van der Waals surface area contributed by atoms with Gasteiger partial charge in [0.05, 0.1) is 18.4 Å². The van der Waals surface area contributed by atoms with Gasteiger partial charge in [-0.25, -0.2) is 0 Å². The Bertz CT molecular complexity index is 954. The fraction of sp³-hybridized carbons (Fsp3) is 0.286. The second-order valence-electron chi connectivity index (χ2n) is 6.86. The van der Waals surface area contributed by atoms with E-state index in [9.17, 15) is 5.11 Å². The lowest BCUT2D eigenvalue weighted by atomic mass is 10.1. The minimum absolute atomic E-state index is 0.107. The number of fused-ring (bicyclic) bond motifs is 1. The number of aliphatic imine (C=N–C) groups is 1. The number of aromatic amines is 1. The van der Waals surface area contributed by atoms with Crippen molar-refractivity contribution >= 4 is 28.5 Å². The van der Waals surface area contributed by atoms with Crippen LogP contribution in [0.5, 0.6) is 11.6 Å². The summed E-state index contributed by atoms with van der Waals surface area (Å²) in [5.41, 5.74) is 3.58. The van der Waals surface area contributed by atoms with Crippen molar-refractivity contribution in [2.45, 2.75) is 0 Å². The molecule has 1 aromatic heterocycles. The van der Waals surface area contributed by atoms with Crippen molar-refractivity contribution in [3.05, 3.63) is 48.0 Å². The molecule has 1 aliphatic rings. The number of piperazine rings is 1. The van der Waals surface area contributed by atoms with Gasteiger partial charge in [0, 0.05) is 49.0 Å². The molecule has 0 saturated carbocycles. The van der Waals surface area contributed by atoms with Crippen molar-refractivity contribution in [3.8, 4) is 11.6 Å². The molecule has 6 heteroatoms. The van der Waals surface area contributed by atoms with Gasteiger partial charge in [0.2, 0.25) is 0 Å². The van der Waals surface area contributed by atoms with Gasteiger partial charge < -0.3 is 24.6 Å². The molecule has 2 N–H and O–H groups in total. The molecule has 4 rings (SSSR count). The van der Waals surface area contributed by atoms with Crippen LogP contribution in [0.15, 0.2) is 47.5 Å². The van der Waals surface area contributed by atoms with Crippen molar-refractivity contribution in [1.82, 2.24) is 9.88 Å². The third-order valence-electron chi connectivity index (χ3n) is 5.09. The van der Waals surface area contributed by atoms with E-state index in [0.717, 1.165) is 48.5 Å². The van der Waals surface area contributed by atoms with Crippen LogP contribution in [0.25, 0.3) is 10.9 Å². The van der Waals surface area contributed by atoms with Gasteiger partial charge in [-0.05, 0) is 49.5 Å². The molecule has 0 aliphatic carbocycles. The Labute approximate surface area is 158 Å². The van der Waals surface area contributed by atoms with Crippen molar-refractivity contribution in [3.63, 3.8) is 0 Å². The van der Waals surface area contributed by atoms with Crippen LogP contribution >= 0.6 is 0 Å². The first-order valence-corrected chi connectivity index (χ1v) is 9.10. The van der Waals surface area contributed by atoms with E-state index in [1.165, 1.54) is 5.69 Å². The number of aromatic nitrogens is 1. The number of nitrogens with one attached hydrogen (secondary N) is 1. The average molecular weight is 364 g/mol. The average Bonchev–Trinajstić information content (AvgIpc) is 3.01. The van der Waals surface area contributed by atoms with Gasteiger partial charge in [-0.1, -0.05) is 0 Å². The van der Waals surface area contributed by atoms with E-state index in [0.29, 0.717) is 5.56 Å². The lowest BCUT2D eigenvalue weighted by Gasteiger charge is -2.34. The van der Waals surface area contributed by atoms with Crippen molar-refractivity contribution in [2.24, 2.45) is 4.99 Å². The number of rotatable bonds is 4. The van der Waals surface area contributed by atoms with Gasteiger partial charge in [-0.3, -0.25) is 4.99 Å². The minimum atomic E-state index is 0.107. The summed E-state index contributed by atoms with van der Waals surface area (Å²) in [6, 6.07) is 13.9. The van der Waals surface area contributed by atoms with Gasteiger partial charge in [-0.2, -0.15) is 0 Å². The first kappa shape index (κ1) is 17.4. The Kier molecular flexibility index (Phi) is 4.73. The molecule has 2 aromatic carbocycles. The van der Waals surface area contributed by atoms with Gasteiger partial charge in [0.1, 0.15) is 5.75 Å². The topological polar surface area (TPSA) is 64.1 Å². The summed E-state index contributed by atoms with van der Waals surface area (Å²) in [5.74, 6) is 0.851. The molecule has 140 valence electrons. The summed E-state index contributed by atoms with van der Waals surface area (Å²) in [5, 5.41) is 11.1. The molecule has 1 aliphatic heterocycles. The highest BCUT2D eigenvalue weighted by Crippen LogP contribution is 2.29. The minimum Gasteiger partial charge on any atom is -0.497 e. The van der Waals surface area contributed by atoms with Crippen LogP contribution in [0.1, 0.15) is 5.56 Å². The smallest absolute Gasteiger partial charge is 0.198 e. The maximum atomic E-state index is 10.2. The molecule has 0 amide bonds. The molecular formula is C21H24N4O2. The summed E-state index contributed by atoms with van der Waals surface area (Å²) in [6.07, 6.45) is 1.69. The van der Waals surface area contributed by atoms with Crippen molar-refractivity contribution in [2.75, 3.05) is 45.2 Å². The van der Waals surface area contributed by atoms with E-state index in [4.69, 9.17) is 4.74 Å². The van der Waals surface area contributed by atoms with Gasteiger partial charge >= 0.3 is 0 Å². The van der Waals surface area contributed by atoms with E-state index in [1.54, 1.807) is 13.3 Å². The number of H-pyrrole nitrogens is 1. The molecule has 0 radical (unpaired) electrons. The monoisotopic (exact) mass is 364 g/mol. The van der Waals surface area contributed by atoms with Crippen LogP contribution in [0.2, 0.25) is 0 Å². The first-order chi connectivity index (χ1) is 13.1. The van der Waals surface area contributed by atoms with Gasteiger partial charge in [0.15, 0.2) is 5.88 Å². The van der Waals surface area contributed by atoms with Crippen LogP contribution in [0.3, 0.4) is 0 Å². The molecule has 27 heavy (non-hydrogen) atoms. The van der Waals surface area contributed by atoms with Gasteiger partial charge in [-0.15, -0.1) is 0 Å². The molecule has 0 spiro atoms. The number of benzene rings is 2. The van der Waals surface area contributed by atoms with E-state index in [2.05, 4.69) is 39.0 Å². The normalized spacial score (nSPS) is 15.7. The predicted molar refractivity (Wildman–Crippen MR) is 110 cm³/mol. The molecule has 0 atom stereocenters. The summed E-state index contributed by atoms with van der Waals surface area (Å²) >= 11 is 0. The number of likely N-dealkylation sites (N-methyl/N-ethyl adjacent to an activating group) is 1. The van der Waals surface area contributed by atoms with Gasteiger partial charge in [0.25, 0.3) is 0 Å². The van der Waals surface area contributed by atoms with Crippen LogP contribution < -0.4 is 9.64 Å². The summed E-state index contributed by atoms with van der Waals surface area (Å²) < 4.78 is 5.28. The zero-order chi connectivity index (χ0) is 18.8. The van der Waals surface area contributed by atoms with E-state index in [-0.39, 0.29) is 5.88 Å². The second kappa shape index (κ2) is 7.32. The largest absolute Gasteiger partial charge is 0.497 e. The molecule has 3 aromatic rings. The Morgan fingerprint density at radius 1 is 1.07 bits per heavy atom. The molecule has 1 fully saturated rings. The van der Waals surface area contributed by atoms with Crippen LogP contribution in [-0.2, 0) is 0 Å². The third-order valence-corrected chi connectivity index (χ3v) is 5.09. The highest BCUT2D eigenvalue weighted by atomic mass is 16.5. The standard InChI is InChI=1S/C21H24N4O2/c1-24-9-11-25(12-10-24)16-5-3-15(4-6-16)22-14-19-18-13-17(27-2)7-8-20(18)23-21(19)26/h3-8,13-14,23,26H,9-12H2,1-2H3. The number of aromatic hydroxyl groups is 1. The van der Waals surface area contributed by atoms with E-state index < -0.39 is 0 Å². The fourth-order valence-electron chi connectivity index (χ4n) is 3.39. The van der Waals surface area contributed by atoms with Crippen molar-refractivity contribution in [1.29, 1.82) is 0 Å². The Morgan fingerprint density at radius 2 is 1.81 bits per heavy atom. The third kappa shape index (κ3) is 3.61. The summed E-state index contributed by atoms with van der Waals surface area (Å²) in [6.45, 7) is 4.26.